The Morgan fingerprint density at radius 2 is 1.90 bits per heavy atom. The van der Waals surface area contributed by atoms with Crippen LogP contribution in [0, 0.1) is 13.8 Å². The molecule has 0 aliphatic rings. The van der Waals surface area contributed by atoms with Crippen molar-refractivity contribution in [1.82, 2.24) is 15.3 Å². The van der Waals surface area contributed by atoms with Crippen molar-refractivity contribution >= 4 is 11.6 Å². The van der Waals surface area contributed by atoms with Gasteiger partial charge in [-0.1, -0.05) is 18.5 Å². The van der Waals surface area contributed by atoms with Gasteiger partial charge in [-0.3, -0.25) is 4.98 Å². The molecule has 106 valence electrons. The van der Waals surface area contributed by atoms with Gasteiger partial charge >= 0.3 is 0 Å². The van der Waals surface area contributed by atoms with Crippen LogP contribution >= 0.6 is 11.6 Å². The van der Waals surface area contributed by atoms with E-state index in [1.807, 2.05) is 32.9 Å². The summed E-state index contributed by atoms with van der Waals surface area (Å²) in [6.45, 7) is 7.53. The fourth-order valence-corrected chi connectivity index (χ4v) is 1.97. The van der Waals surface area contributed by atoms with Crippen molar-refractivity contribution in [2.75, 3.05) is 6.54 Å². The van der Waals surface area contributed by atoms with Gasteiger partial charge in [-0.05, 0) is 43.7 Å². The van der Waals surface area contributed by atoms with E-state index in [9.17, 15) is 0 Å². The summed E-state index contributed by atoms with van der Waals surface area (Å²) in [5.74, 6) is 1.21. The molecule has 2 rings (SSSR count). The van der Waals surface area contributed by atoms with Crippen molar-refractivity contribution in [2.24, 2.45) is 0 Å². The molecule has 0 unspecified atom stereocenters. The van der Waals surface area contributed by atoms with E-state index in [-0.39, 0.29) is 0 Å². The molecule has 0 aliphatic heterocycles. The second kappa shape index (κ2) is 6.68. The van der Waals surface area contributed by atoms with Gasteiger partial charge in [-0.15, -0.1) is 0 Å². The fourth-order valence-electron chi connectivity index (χ4n) is 1.86. The summed E-state index contributed by atoms with van der Waals surface area (Å²) >= 11 is 6.14. The highest BCUT2D eigenvalue weighted by Crippen LogP contribution is 2.28. The Labute approximate surface area is 124 Å². The van der Waals surface area contributed by atoms with Crippen LogP contribution in [0.15, 0.2) is 24.5 Å². The average Bonchev–Trinajstić information content (AvgIpc) is 2.43. The SMILES string of the molecule is CCNCc1cncc(Oc2cc(C)c(Cl)c(C)c2)n1. The number of aryl methyl sites for hydroxylation is 2. The minimum Gasteiger partial charge on any atom is -0.437 e. The van der Waals surface area contributed by atoms with Gasteiger partial charge in [0.2, 0.25) is 5.88 Å². The van der Waals surface area contributed by atoms with Crippen molar-refractivity contribution in [2.45, 2.75) is 27.3 Å². The van der Waals surface area contributed by atoms with Crippen LogP contribution in [0.3, 0.4) is 0 Å². The van der Waals surface area contributed by atoms with Gasteiger partial charge in [-0.25, -0.2) is 4.98 Å². The normalized spacial score (nSPS) is 10.6. The van der Waals surface area contributed by atoms with Gasteiger partial charge in [0, 0.05) is 17.8 Å². The standard InChI is InChI=1S/C15H18ClN3O/c1-4-17-7-12-8-18-9-14(19-12)20-13-5-10(2)15(16)11(3)6-13/h5-6,8-9,17H,4,7H2,1-3H3. The Hall–Kier alpha value is -1.65. The predicted octanol–water partition coefficient (Wildman–Crippen LogP) is 3.65. The Morgan fingerprint density at radius 3 is 2.55 bits per heavy atom. The first-order valence-corrected chi connectivity index (χ1v) is 6.94. The average molecular weight is 292 g/mol. The van der Waals surface area contributed by atoms with Crippen molar-refractivity contribution in [3.05, 3.63) is 46.4 Å². The number of nitrogens with zero attached hydrogens (tertiary/aromatic N) is 2. The second-order valence-electron chi connectivity index (χ2n) is 4.60. The molecule has 0 amide bonds. The summed E-state index contributed by atoms with van der Waals surface area (Å²) in [4.78, 5) is 8.55. The van der Waals surface area contributed by atoms with E-state index in [2.05, 4.69) is 15.3 Å². The van der Waals surface area contributed by atoms with Crippen LogP contribution in [0.4, 0.5) is 0 Å². The number of hydrogen-bond donors (Lipinski definition) is 1. The monoisotopic (exact) mass is 291 g/mol. The third-order valence-corrected chi connectivity index (χ3v) is 3.45. The summed E-state index contributed by atoms with van der Waals surface area (Å²) < 4.78 is 5.76. The molecular weight excluding hydrogens is 274 g/mol. The molecule has 0 bridgehead atoms. The highest BCUT2D eigenvalue weighted by atomic mass is 35.5. The van der Waals surface area contributed by atoms with Gasteiger partial charge in [0.1, 0.15) is 5.75 Å². The van der Waals surface area contributed by atoms with E-state index in [1.54, 1.807) is 12.4 Å². The minimum atomic E-state index is 0.488. The summed E-state index contributed by atoms with van der Waals surface area (Å²) in [6, 6.07) is 3.79. The number of nitrogens with one attached hydrogen (secondary N) is 1. The Morgan fingerprint density at radius 1 is 1.20 bits per heavy atom. The molecule has 0 saturated heterocycles. The number of hydrogen-bond acceptors (Lipinski definition) is 4. The molecule has 1 aromatic heterocycles. The zero-order chi connectivity index (χ0) is 14.5. The van der Waals surface area contributed by atoms with Crippen molar-refractivity contribution < 1.29 is 4.74 Å². The van der Waals surface area contributed by atoms with Crippen LogP contribution in [0.1, 0.15) is 23.7 Å². The fraction of sp³-hybridized carbons (Fsp3) is 0.333. The molecule has 0 spiro atoms. The smallest absolute Gasteiger partial charge is 0.238 e. The Balaban J connectivity index is 2.17. The Bertz CT molecular complexity index is 578. The second-order valence-corrected chi connectivity index (χ2v) is 4.98. The molecule has 1 aromatic carbocycles. The van der Waals surface area contributed by atoms with Crippen LogP contribution in [0.25, 0.3) is 0 Å². The van der Waals surface area contributed by atoms with Crippen molar-refractivity contribution in [1.29, 1.82) is 0 Å². The molecule has 1 heterocycles. The topological polar surface area (TPSA) is 47.0 Å². The summed E-state index contributed by atoms with van der Waals surface area (Å²) in [5, 5.41) is 3.97. The lowest BCUT2D eigenvalue weighted by molar-refractivity contribution is 0.456. The lowest BCUT2D eigenvalue weighted by atomic mass is 10.1. The number of halogens is 1. The van der Waals surface area contributed by atoms with Crippen LogP contribution in [-0.4, -0.2) is 16.5 Å². The molecule has 0 aliphatic carbocycles. The summed E-state index contributed by atoms with van der Waals surface area (Å²) in [5.41, 5.74) is 2.82. The van der Waals surface area contributed by atoms with Gasteiger partial charge in [0.05, 0.1) is 11.9 Å². The van der Waals surface area contributed by atoms with Gasteiger partial charge in [0.25, 0.3) is 0 Å². The quantitative estimate of drug-likeness (QED) is 0.913. The molecule has 20 heavy (non-hydrogen) atoms. The van der Waals surface area contributed by atoms with Crippen LogP contribution in [0.2, 0.25) is 5.02 Å². The number of ether oxygens (including phenoxy) is 1. The Kier molecular flexibility index (Phi) is 4.93. The van der Waals surface area contributed by atoms with E-state index in [1.165, 1.54) is 0 Å². The molecule has 2 aromatic rings. The lowest BCUT2D eigenvalue weighted by Crippen LogP contribution is -2.13. The zero-order valence-corrected chi connectivity index (χ0v) is 12.7. The summed E-state index contributed by atoms with van der Waals surface area (Å²) in [6.07, 6.45) is 3.34. The molecular formula is C15H18ClN3O. The summed E-state index contributed by atoms with van der Waals surface area (Å²) in [7, 11) is 0. The first-order valence-electron chi connectivity index (χ1n) is 6.56. The van der Waals surface area contributed by atoms with E-state index in [0.717, 1.165) is 34.1 Å². The van der Waals surface area contributed by atoms with E-state index in [0.29, 0.717) is 12.4 Å². The van der Waals surface area contributed by atoms with Gasteiger partial charge in [0.15, 0.2) is 0 Å². The molecule has 1 N–H and O–H groups in total. The van der Waals surface area contributed by atoms with E-state index < -0.39 is 0 Å². The molecule has 5 heteroatoms. The van der Waals surface area contributed by atoms with Gasteiger partial charge < -0.3 is 10.1 Å². The first-order chi connectivity index (χ1) is 9.60. The third-order valence-electron chi connectivity index (χ3n) is 2.85. The predicted molar refractivity (Wildman–Crippen MR) is 80.4 cm³/mol. The van der Waals surface area contributed by atoms with Crippen LogP contribution in [-0.2, 0) is 6.54 Å². The van der Waals surface area contributed by atoms with Crippen LogP contribution in [0.5, 0.6) is 11.6 Å². The van der Waals surface area contributed by atoms with E-state index in [4.69, 9.17) is 16.3 Å². The molecule has 0 radical (unpaired) electrons. The minimum absolute atomic E-state index is 0.488. The largest absolute Gasteiger partial charge is 0.437 e. The van der Waals surface area contributed by atoms with Crippen molar-refractivity contribution in [3.8, 4) is 11.6 Å². The number of benzene rings is 1. The third kappa shape index (κ3) is 3.68. The maximum absolute atomic E-state index is 6.14. The zero-order valence-electron chi connectivity index (χ0n) is 11.9. The highest BCUT2D eigenvalue weighted by molar-refractivity contribution is 6.32. The van der Waals surface area contributed by atoms with Gasteiger partial charge in [-0.2, -0.15) is 0 Å². The highest BCUT2D eigenvalue weighted by Gasteiger charge is 2.06. The first kappa shape index (κ1) is 14.8. The number of aromatic nitrogens is 2. The molecule has 0 saturated carbocycles. The molecule has 4 nitrogen and oxygen atoms in total. The maximum Gasteiger partial charge on any atom is 0.238 e. The maximum atomic E-state index is 6.14. The molecule has 0 fully saturated rings. The van der Waals surface area contributed by atoms with E-state index >= 15 is 0 Å². The molecule has 0 atom stereocenters. The number of rotatable bonds is 5. The van der Waals surface area contributed by atoms with Crippen LogP contribution < -0.4 is 10.1 Å². The van der Waals surface area contributed by atoms with Crippen molar-refractivity contribution in [3.63, 3.8) is 0 Å². The lowest BCUT2D eigenvalue weighted by Gasteiger charge is -2.09.